The minimum atomic E-state index is -3.65. The number of carbonyl (C=O) groups excluding carboxylic acids is 1. The van der Waals surface area contributed by atoms with Gasteiger partial charge in [-0.1, -0.05) is 25.1 Å². The molecule has 1 amide bonds. The number of amides is 1. The van der Waals surface area contributed by atoms with Crippen molar-refractivity contribution in [2.45, 2.75) is 17.6 Å². The van der Waals surface area contributed by atoms with Gasteiger partial charge in [0.1, 0.15) is 9.96 Å². The summed E-state index contributed by atoms with van der Waals surface area (Å²) in [5.41, 5.74) is 0.526. The van der Waals surface area contributed by atoms with Gasteiger partial charge in [-0.3, -0.25) is 4.79 Å². The molecule has 1 heterocycles. The van der Waals surface area contributed by atoms with Crippen molar-refractivity contribution in [3.8, 4) is 5.75 Å². The average molecular weight is 368 g/mol. The van der Waals surface area contributed by atoms with E-state index in [2.05, 4.69) is 5.32 Å². The quantitative estimate of drug-likeness (QED) is 0.777. The van der Waals surface area contributed by atoms with E-state index in [1.54, 1.807) is 29.6 Å². The topological polar surface area (TPSA) is 75.7 Å². The normalized spacial score (nSPS) is 11.5. The van der Waals surface area contributed by atoms with Crippen molar-refractivity contribution in [1.82, 2.24) is 4.31 Å². The minimum absolute atomic E-state index is 0.212. The molecule has 1 aromatic carbocycles. The van der Waals surface area contributed by atoms with E-state index in [0.717, 1.165) is 22.1 Å². The molecule has 2 rings (SSSR count). The van der Waals surface area contributed by atoms with Crippen molar-refractivity contribution in [3.05, 3.63) is 41.8 Å². The molecule has 6 nitrogen and oxygen atoms in total. The number of para-hydroxylation sites is 2. The molecule has 0 spiro atoms. The zero-order valence-corrected chi connectivity index (χ0v) is 15.2. The number of likely N-dealkylation sites (N-methyl/N-ethyl adjacent to an activating group) is 1. The lowest BCUT2D eigenvalue weighted by molar-refractivity contribution is -0.116. The van der Waals surface area contributed by atoms with E-state index < -0.39 is 15.9 Å². The van der Waals surface area contributed by atoms with Crippen LogP contribution in [0.2, 0.25) is 0 Å². The van der Waals surface area contributed by atoms with Crippen molar-refractivity contribution in [2.75, 3.05) is 25.5 Å². The summed E-state index contributed by atoms with van der Waals surface area (Å²) in [5.74, 6) is 0.140. The monoisotopic (exact) mass is 368 g/mol. The molecule has 1 N–H and O–H groups in total. The minimum Gasteiger partial charge on any atom is -0.491 e. The van der Waals surface area contributed by atoms with Crippen LogP contribution in [0.3, 0.4) is 0 Å². The Morgan fingerprint density at radius 2 is 2.00 bits per heavy atom. The number of carbonyl (C=O) groups is 1. The van der Waals surface area contributed by atoms with Crippen LogP contribution in [0.5, 0.6) is 5.75 Å². The Bertz CT molecular complexity index is 773. The van der Waals surface area contributed by atoms with Crippen molar-refractivity contribution in [3.63, 3.8) is 0 Å². The molecule has 0 fully saturated rings. The number of hydrogen-bond acceptors (Lipinski definition) is 5. The zero-order valence-electron chi connectivity index (χ0n) is 13.6. The maximum atomic E-state index is 12.3. The van der Waals surface area contributed by atoms with Crippen molar-refractivity contribution in [1.29, 1.82) is 0 Å². The van der Waals surface area contributed by atoms with E-state index in [1.807, 2.05) is 13.0 Å². The third-order valence-electron chi connectivity index (χ3n) is 3.15. The molecule has 0 radical (unpaired) electrons. The van der Waals surface area contributed by atoms with Crippen LogP contribution in [0, 0.1) is 0 Å². The van der Waals surface area contributed by atoms with E-state index in [-0.39, 0.29) is 10.8 Å². The van der Waals surface area contributed by atoms with Crippen LogP contribution in [0.15, 0.2) is 46.0 Å². The molecule has 0 unspecified atom stereocenters. The Kier molecular flexibility index (Phi) is 6.36. The Balaban J connectivity index is 2.03. The van der Waals surface area contributed by atoms with Gasteiger partial charge < -0.3 is 10.1 Å². The van der Waals surface area contributed by atoms with E-state index in [9.17, 15) is 13.2 Å². The number of sulfonamides is 1. The molecule has 0 saturated heterocycles. The lowest BCUT2D eigenvalue weighted by atomic mass is 10.3. The first kappa shape index (κ1) is 18.4. The molecule has 0 aliphatic heterocycles. The molecule has 0 aliphatic carbocycles. The van der Waals surface area contributed by atoms with E-state index in [1.165, 1.54) is 13.1 Å². The molecule has 0 atom stereocenters. The first-order valence-corrected chi connectivity index (χ1v) is 9.78. The van der Waals surface area contributed by atoms with Crippen molar-refractivity contribution < 1.29 is 17.9 Å². The van der Waals surface area contributed by atoms with Gasteiger partial charge in [-0.05, 0) is 30.0 Å². The molecule has 0 aliphatic rings. The highest BCUT2D eigenvalue weighted by Gasteiger charge is 2.24. The molecule has 0 bridgehead atoms. The summed E-state index contributed by atoms with van der Waals surface area (Å²) in [6, 6.07) is 10.2. The Morgan fingerprint density at radius 3 is 2.67 bits per heavy atom. The highest BCUT2D eigenvalue weighted by Crippen LogP contribution is 2.24. The fourth-order valence-corrected chi connectivity index (χ4v) is 4.28. The van der Waals surface area contributed by atoms with Gasteiger partial charge in [0.2, 0.25) is 5.91 Å². The highest BCUT2D eigenvalue weighted by atomic mass is 32.2. The van der Waals surface area contributed by atoms with Gasteiger partial charge in [0, 0.05) is 7.05 Å². The van der Waals surface area contributed by atoms with Crippen LogP contribution in [-0.2, 0) is 14.8 Å². The molecule has 0 saturated carbocycles. The van der Waals surface area contributed by atoms with Crippen LogP contribution >= 0.6 is 11.3 Å². The molecule has 24 heavy (non-hydrogen) atoms. The van der Waals surface area contributed by atoms with E-state index in [4.69, 9.17) is 4.74 Å². The standard InChI is InChI=1S/C16H20N2O4S2/c1-3-10-22-14-8-5-4-7-13(14)17-15(19)12-18(2)24(20,21)16-9-6-11-23-16/h4-9,11H,3,10,12H2,1-2H3,(H,17,19). The van der Waals surface area contributed by atoms with Gasteiger partial charge in [0.25, 0.3) is 10.0 Å². The number of hydrogen-bond donors (Lipinski definition) is 1. The lowest BCUT2D eigenvalue weighted by Gasteiger charge is -2.17. The molecule has 8 heteroatoms. The molecule has 130 valence electrons. The van der Waals surface area contributed by atoms with Gasteiger partial charge in [-0.2, -0.15) is 4.31 Å². The molecular formula is C16H20N2O4S2. The molecule has 2 aromatic rings. The summed E-state index contributed by atoms with van der Waals surface area (Å²) >= 11 is 1.12. The summed E-state index contributed by atoms with van der Waals surface area (Å²) in [4.78, 5) is 12.2. The Morgan fingerprint density at radius 1 is 1.25 bits per heavy atom. The predicted octanol–water partition coefficient (Wildman–Crippen LogP) is 2.80. The van der Waals surface area contributed by atoms with Crippen molar-refractivity contribution in [2.24, 2.45) is 0 Å². The van der Waals surface area contributed by atoms with Gasteiger partial charge in [0.05, 0.1) is 18.8 Å². The zero-order chi connectivity index (χ0) is 17.6. The lowest BCUT2D eigenvalue weighted by Crippen LogP contribution is -2.34. The maximum absolute atomic E-state index is 12.3. The van der Waals surface area contributed by atoms with Crippen LogP contribution < -0.4 is 10.1 Å². The fourth-order valence-electron chi connectivity index (χ4n) is 1.95. The van der Waals surface area contributed by atoms with Crippen LogP contribution in [0.25, 0.3) is 0 Å². The van der Waals surface area contributed by atoms with Crippen LogP contribution in [0.1, 0.15) is 13.3 Å². The van der Waals surface area contributed by atoms with Gasteiger partial charge >= 0.3 is 0 Å². The van der Waals surface area contributed by atoms with Gasteiger partial charge in [0.15, 0.2) is 0 Å². The molecule has 1 aromatic heterocycles. The predicted molar refractivity (Wildman–Crippen MR) is 95.0 cm³/mol. The SMILES string of the molecule is CCCOc1ccccc1NC(=O)CN(C)S(=O)(=O)c1cccs1. The van der Waals surface area contributed by atoms with Crippen molar-refractivity contribution >= 4 is 33.0 Å². The summed E-state index contributed by atoms with van der Waals surface area (Å²) in [5, 5.41) is 4.38. The van der Waals surface area contributed by atoms with Gasteiger partial charge in [-0.15, -0.1) is 11.3 Å². The third kappa shape index (κ3) is 4.56. The summed E-state index contributed by atoms with van der Waals surface area (Å²) < 4.78 is 31.5. The molecular weight excluding hydrogens is 348 g/mol. The number of rotatable bonds is 8. The van der Waals surface area contributed by atoms with Crippen LogP contribution in [0.4, 0.5) is 5.69 Å². The summed E-state index contributed by atoms with van der Waals surface area (Å²) in [7, 11) is -2.26. The smallest absolute Gasteiger partial charge is 0.252 e. The summed E-state index contributed by atoms with van der Waals surface area (Å²) in [6.45, 7) is 2.26. The fraction of sp³-hybridized carbons (Fsp3) is 0.312. The number of benzene rings is 1. The van der Waals surface area contributed by atoms with Crippen LogP contribution in [-0.4, -0.2) is 38.8 Å². The Hall–Kier alpha value is -1.90. The number of nitrogens with one attached hydrogen (secondary N) is 1. The Labute approximate surface area is 146 Å². The number of ether oxygens (including phenoxy) is 1. The van der Waals surface area contributed by atoms with E-state index >= 15 is 0 Å². The maximum Gasteiger partial charge on any atom is 0.252 e. The highest BCUT2D eigenvalue weighted by molar-refractivity contribution is 7.91. The second-order valence-electron chi connectivity index (χ2n) is 5.09. The first-order chi connectivity index (χ1) is 11.4. The van der Waals surface area contributed by atoms with Gasteiger partial charge in [-0.25, -0.2) is 8.42 Å². The number of thiophene rings is 1. The number of anilines is 1. The van der Waals surface area contributed by atoms with E-state index in [0.29, 0.717) is 18.0 Å². The number of nitrogens with zero attached hydrogens (tertiary/aromatic N) is 1. The second kappa shape index (κ2) is 8.27. The third-order valence-corrected chi connectivity index (χ3v) is 6.33. The average Bonchev–Trinajstić information content (AvgIpc) is 3.09. The second-order valence-corrected chi connectivity index (χ2v) is 8.31. The summed E-state index contributed by atoms with van der Waals surface area (Å²) in [6.07, 6.45) is 0.851. The largest absolute Gasteiger partial charge is 0.491 e. The first-order valence-electron chi connectivity index (χ1n) is 7.46.